The summed E-state index contributed by atoms with van der Waals surface area (Å²) in [5, 5.41) is 0. The smallest absolute Gasteiger partial charge is 0.123 e. The second-order valence-electron chi connectivity index (χ2n) is 14.9. The van der Waals surface area contributed by atoms with Crippen LogP contribution < -0.4 is 14.2 Å². The van der Waals surface area contributed by atoms with Crippen LogP contribution in [0.5, 0.6) is 17.2 Å². The summed E-state index contributed by atoms with van der Waals surface area (Å²) in [5.74, 6) is 2.45. The minimum absolute atomic E-state index is 0.00935. The Balaban J connectivity index is 1.16. The molecule has 2 unspecified atom stereocenters. The predicted molar refractivity (Wildman–Crippen MR) is 243 cm³/mol. The van der Waals surface area contributed by atoms with Crippen molar-refractivity contribution in [3.63, 3.8) is 0 Å². The molecule has 0 saturated carbocycles. The number of nitrogens with one attached hydrogen (secondary N) is 2. The van der Waals surface area contributed by atoms with Crippen LogP contribution in [0.15, 0.2) is 79.1 Å². The Hall–Kier alpha value is -2.30. The van der Waals surface area contributed by atoms with Gasteiger partial charge in [-0.25, -0.2) is 0 Å². The Kier molecular flexibility index (Phi) is 13.8. The molecule has 0 bridgehead atoms. The molecule has 2 aromatic carbocycles. The van der Waals surface area contributed by atoms with E-state index in [-0.39, 0.29) is 50.1 Å². The maximum atomic E-state index is 6.39. The van der Waals surface area contributed by atoms with Crippen molar-refractivity contribution in [2.75, 3.05) is 13.2 Å². The van der Waals surface area contributed by atoms with Gasteiger partial charge in [0.1, 0.15) is 23.9 Å². The monoisotopic (exact) mass is 660 g/mol. The summed E-state index contributed by atoms with van der Waals surface area (Å²) in [6, 6.07) is 22.1. The number of aromatic amines is 2. The highest BCUT2D eigenvalue weighted by molar-refractivity contribution is 8.01. The number of rotatable bonds is 20. The third kappa shape index (κ3) is 10.3. The lowest BCUT2D eigenvalue weighted by Gasteiger charge is -2.25. The molecule has 6 rings (SSSR count). The first-order valence-corrected chi connectivity index (χ1v) is 18.4. The minimum atomic E-state index is -0.716. The van der Waals surface area contributed by atoms with Crippen molar-refractivity contribution in [2.45, 2.75) is 36.8 Å². The largest absolute Gasteiger partial charge is 0.494 e. The van der Waals surface area contributed by atoms with Crippen molar-refractivity contribution in [3.8, 4) is 17.2 Å². The maximum absolute atomic E-state index is 6.39. The molecule has 2 aromatic heterocycles. The van der Waals surface area contributed by atoms with Gasteiger partial charge in [-0.3, -0.25) is 0 Å². The predicted octanol–water partition coefficient (Wildman–Crippen LogP) is -1.15. The van der Waals surface area contributed by atoms with E-state index in [4.69, 9.17) is 91.6 Å². The first-order valence-electron chi connectivity index (χ1n) is 18.4. The van der Waals surface area contributed by atoms with Gasteiger partial charge in [-0.1, -0.05) is 24.8 Å². The zero-order valence-corrected chi connectivity index (χ0v) is 30.0. The van der Waals surface area contributed by atoms with Gasteiger partial charge in [0, 0.05) is 158 Å². The summed E-state index contributed by atoms with van der Waals surface area (Å²) < 4.78 is 19.1. The normalized spacial score (nSPS) is 15.7. The Bertz CT molecular complexity index is 1640. The van der Waals surface area contributed by atoms with E-state index in [1.165, 1.54) is 0 Å². The van der Waals surface area contributed by atoms with Crippen LogP contribution in [-0.4, -0.2) is 165 Å². The highest BCUT2D eigenvalue weighted by Crippen LogP contribution is 2.42. The summed E-state index contributed by atoms with van der Waals surface area (Å²) >= 11 is 0. The molecule has 20 radical (unpaired) electrons. The number of ether oxygens (including phenoxy) is 3. The quantitative estimate of drug-likeness (QED) is 0.118. The first kappa shape index (κ1) is 40.4. The van der Waals surface area contributed by atoms with Crippen LogP contribution in [0.3, 0.4) is 0 Å². The molecule has 228 valence electrons. The standard InChI is InChI=1S/C28H28B20N2O3/c29-41(30)45(37)47(43(33)34)39-14-21(39)17-52-24-10-19(11-25(13-24)53-18-22-15-40(22)48(44(35)36)46(38)42(31)32)16-51-23-5-1-4-20(12-23)28(26-6-2-8-49-26)27-7-3-9-50-27/h1-13,21-22,28,49-50H,14-18H2. The molecule has 53 heavy (non-hydrogen) atoms. The molecule has 2 fully saturated rings. The second-order valence-corrected chi connectivity index (χ2v) is 14.9. The summed E-state index contributed by atoms with van der Waals surface area (Å²) in [7, 11) is 60.6. The van der Waals surface area contributed by atoms with Gasteiger partial charge in [-0.15, -0.1) is 0 Å². The molecular weight excluding hydrogens is 629 g/mol. The number of benzene rings is 2. The topological polar surface area (TPSA) is 59.3 Å². The van der Waals surface area contributed by atoms with Crippen molar-refractivity contribution < 1.29 is 14.2 Å². The Morgan fingerprint density at radius 2 is 1.09 bits per heavy atom. The Morgan fingerprint density at radius 3 is 1.53 bits per heavy atom. The average Bonchev–Trinajstić information content (AvgIpc) is 3.89. The van der Waals surface area contributed by atoms with E-state index in [1.54, 1.807) is 0 Å². The zero-order chi connectivity index (χ0) is 37.8. The van der Waals surface area contributed by atoms with Crippen LogP contribution >= 0.6 is 0 Å². The molecule has 0 spiro atoms. The number of hydrogen-bond donors (Lipinski definition) is 2. The zero-order valence-electron chi connectivity index (χ0n) is 30.0. The van der Waals surface area contributed by atoms with E-state index in [2.05, 4.69) is 34.2 Å². The van der Waals surface area contributed by atoms with E-state index in [0.29, 0.717) is 24.7 Å². The molecule has 2 aliphatic heterocycles. The van der Waals surface area contributed by atoms with E-state index in [9.17, 15) is 0 Å². The fourth-order valence-electron chi connectivity index (χ4n) is 7.85. The lowest BCUT2D eigenvalue weighted by atomic mass is 8.57. The fraction of sp³-hybridized carbons (Fsp3) is 0.286. The molecule has 4 aromatic rings. The number of hydrogen-bond acceptors (Lipinski definition) is 3. The molecule has 2 atom stereocenters. The van der Waals surface area contributed by atoms with Gasteiger partial charge in [-0.2, -0.15) is 0 Å². The summed E-state index contributed by atoms with van der Waals surface area (Å²) in [4.78, 5) is 6.73. The molecular formula is C28H28B20N2O3. The van der Waals surface area contributed by atoms with Crippen molar-refractivity contribution in [3.05, 3.63) is 102 Å². The van der Waals surface area contributed by atoms with Crippen LogP contribution in [0, 0.1) is 0 Å². The number of aromatic nitrogens is 2. The van der Waals surface area contributed by atoms with Gasteiger partial charge in [0.15, 0.2) is 0 Å². The SMILES string of the molecule is [B]B([B])B([B])B(B([B])[B])B1CC1COc1cc(COc2cccc(C(c3ccc[nH]3)c3ccc[nH]3)c2)cc(OCC2CB2B(B([B])[B])B([B])B([B])[B])c1. The van der Waals surface area contributed by atoms with E-state index < -0.39 is 38.3 Å². The van der Waals surface area contributed by atoms with Crippen molar-refractivity contribution in [2.24, 2.45) is 0 Å². The van der Waals surface area contributed by atoms with Gasteiger partial charge in [0.05, 0.1) is 32.3 Å². The van der Waals surface area contributed by atoms with E-state index in [0.717, 1.165) is 40.9 Å². The highest BCUT2D eigenvalue weighted by Gasteiger charge is 2.51. The van der Waals surface area contributed by atoms with E-state index in [1.807, 2.05) is 54.9 Å². The summed E-state index contributed by atoms with van der Waals surface area (Å²) in [6.45, 7) is 1.51. The van der Waals surface area contributed by atoms with Crippen molar-refractivity contribution in [1.29, 1.82) is 0 Å². The maximum Gasteiger partial charge on any atom is 0.123 e. The Morgan fingerprint density at radius 1 is 0.585 bits per heavy atom. The van der Waals surface area contributed by atoms with Crippen LogP contribution in [-0.2, 0) is 6.61 Å². The first-order chi connectivity index (χ1) is 25.4. The number of H-pyrrole nitrogens is 2. The third-order valence-electron chi connectivity index (χ3n) is 10.9. The fourth-order valence-corrected chi connectivity index (χ4v) is 7.85. The van der Waals surface area contributed by atoms with Gasteiger partial charge >= 0.3 is 0 Å². The molecule has 2 aliphatic rings. The molecule has 2 saturated heterocycles. The van der Waals surface area contributed by atoms with Crippen LogP contribution in [0.4, 0.5) is 0 Å². The summed E-state index contributed by atoms with van der Waals surface area (Å²) in [6.07, 6.45) is 1.43. The lowest BCUT2D eigenvalue weighted by molar-refractivity contribution is 0.293. The van der Waals surface area contributed by atoms with Crippen LogP contribution in [0.1, 0.15) is 28.4 Å². The lowest BCUT2D eigenvalue weighted by Crippen LogP contribution is -2.63. The van der Waals surface area contributed by atoms with Crippen molar-refractivity contribution in [1.82, 2.24) is 9.97 Å². The van der Waals surface area contributed by atoms with Gasteiger partial charge in [0.2, 0.25) is 0 Å². The van der Waals surface area contributed by atoms with Gasteiger partial charge < -0.3 is 24.2 Å². The highest BCUT2D eigenvalue weighted by atomic mass is 16.5. The molecule has 5 nitrogen and oxygen atoms in total. The Labute approximate surface area is 333 Å². The van der Waals surface area contributed by atoms with Crippen LogP contribution in [0.25, 0.3) is 0 Å². The summed E-state index contributed by atoms with van der Waals surface area (Å²) in [5.41, 5.74) is 4.12. The molecule has 4 heterocycles. The molecule has 2 N–H and O–H groups in total. The molecule has 0 aliphatic carbocycles. The third-order valence-corrected chi connectivity index (χ3v) is 10.9. The average molecular weight is 657 g/mol. The minimum Gasteiger partial charge on any atom is -0.494 e. The van der Waals surface area contributed by atoms with Gasteiger partial charge in [0.25, 0.3) is 0 Å². The van der Waals surface area contributed by atoms with Crippen molar-refractivity contribution >= 4 is 142 Å². The molecule has 25 heteroatoms. The van der Waals surface area contributed by atoms with Gasteiger partial charge in [-0.05, 0) is 71.3 Å². The molecule has 0 amide bonds. The van der Waals surface area contributed by atoms with E-state index >= 15 is 0 Å². The van der Waals surface area contributed by atoms with Crippen LogP contribution in [0.2, 0.25) is 24.3 Å². The second kappa shape index (κ2) is 18.1.